The summed E-state index contributed by atoms with van der Waals surface area (Å²) in [5.74, 6) is -0.290. The number of hydrogen-bond acceptors (Lipinski definition) is 8. The minimum Gasteiger partial charge on any atom is -0.497 e. The van der Waals surface area contributed by atoms with Gasteiger partial charge in [-0.2, -0.15) is 0 Å². The fourth-order valence-electron chi connectivity index (χ4n) is 3.66. The lowest BCUT2D eigenvalue weighted by Gasteiger charge is -2.38. The first-order valence-corrected chi connectivity index (χ1v) is 11.3. The number of carbonyl (C=O) groups is 2. The van der Waals surface area contributed by atoms with Crippen LogP contribution in [0.2, 0.25) is 0 Å². The monoisotopic (exact) mass is 425 g/mol. The van der Waals surface area contributed by atoms with Crippen LogP contribution in [0.1, 0.15) is 0 Å². The third kappa shape index (κ3) is 5.18. The predicted octanol–water partition coefficient (Wildman–Crippen LogP) is -0.384. The molecular weight excluding hydrogens is 398 g/mol. The number of amides is 1. The zero-order valence-corrected chi connectivity index (χ0v) is 17.6. The van der Waals surface area contributed by atoms with Crippen molar-refractivity contribution in [1.29, 1.82) is 0 Å². The first-order valence-electron chi connectivity index (χ1n) is 9.52. The van der Waals surface area contributed by atoms with Crippen molar-refractivity contribution < 1.29 is 27.5 Å². The van der Waals surface area contributed by atoms with E-state index in [1.807, 2.05) is 24.3 Å². The standard InChI is InChI=1S/C19H27N3O6S/c1-27-16-5-3-15(4-6-16)20-7-9-21(10-8-20)18(23)13-22-11-12-29(25,26)14-17(22)19(24)28-2/h3-6,17H,7-14H2,1-2H3/t17-/m0/s1. The zero-order valence-electron chi connectivity index (χ0n) is 16.7. The molecule has 0 aliphatic carbocycles. The summed E-state index contributed by atoms with van der Waals surface area (Å²) in [6.07, 6.45) is 0. The van der Waals surface area contributed by atoms with E-state index < -0.39 is 21.8 Å². The molecule has 3 rings (SSSR count). The van der Waals surface area contributed by atoms with Gasteiger partial charge in [0.15, 0.2) is 9.84 Å². The van der Waals surface area contributed by atoms with Crippen LogP contribution in [0.5, 0.6) is 5.75 Å². The van der Waals surface area contributed by atoms with Crippen molar-refractivity contribution in [1.82, 2.24) is 9.80 Å². The molecule has 0 aromatic heterocycles. The molecule has 0 spiro atoms. The average molecular weight is 426 g/mol. The van der Waals surface area contributed by atoms with Crippen molar-refractivity contribution in [3.8, 4) is 5.75 Å². The SMILES string of the molecule is COC(=O)[C@@H]1CS(=O)(=O)CCN1CC(=O)N1CCN(c2ccc(OC)cc2)CC1. The molecule has 1 atom stereocenters. The van der Waals surface area contributed by atoms with Crippen LogP contribution in [0.15, 0.2) is 24.3 Å². The summed E-state index contributed by atoms with van der Waals surface area (Å²) in [6, 6.07) is 6.87. The molecule has 1 aromatic rings. The number of methoxy groups -OCH3 is 2. The van der Waals surface area contributed by atoms with Crippen LogP contribution >= 0.6 is 0 Å². The maximum Gasteiger partial charge on any atom is 0.324 e. The summed E-state index contributed by atoms with van der Waals surface area (Å²) in [7, 11) is -0.456. The first-order chi connectivity index (χ1) is 13.8. The summed E-state index contributed by atoms with van der Waals surface area (Å²) >= 11 is 0. The van der Waals surface area contributed by atoms with Gasteiger partial charge in [0, 0.05) is 38.4 Å². The Morgan fingerprint density at radius 3 is 2.28 bits per heavy atom. The van der Waals surface area contributed by atoms with Gasteiger partial charge >= 0.3 is 5.97 Å². The van der Waals surface area contributed by atoms with Gasteiger partial charge in [-0.05, 0) is 24.3 Å². The predicted molar refractivity (Wildman–Crippen MR) is 108 cm³/mol. The summed E-state index contributed by atoms with van der Waals surface area (Å²) in [5.41, 5.74) is 1.07. The highest BCUT2D eigenvalue weighted by atomic mass is 32.2. The Morgan fingerprint density at radius 1 is 1.03 bits per heavy atom. The topological polar surface area (TPSA) is 96.5 Å². The molecule has 160 valence electrons. The number of rotatable bonds is 5. The molecule has 2 heterocycles. The van der Waals surface area contributed by atoms with Gasteiger partial charge in [-0.1, -0.05) is 0 Å². The average Bonchev–Trinajstić information content (AvgIpc) is 2.74. The molecule has 2 saturated heterocycles. The summed E-state index contributed by atoms with van der Waals surface area (Å²) < 4.78 is 33.7. The largest absolute Gasteiger partial charge is 0.497 e. The number of benzene rings is 1. The number of carbonyl (C=O) groups excluding carboxylic acids is 2. The quantitative estimate of drug-likeness (QED) is 0.589. The highest BCUT2D eigenvalue weighted by Crippen LogP contribution is 2.21. The zero-order chi connectivity index (χ0) is 21.0. The molecule has 0 unspecified atom stereocenters. The normalized spacial score (nSPS) is 22.2. The minimum atomic E-state index is -3.31. The summed E-state index contributed by atoms with van der Waals surface area (Å²) in [5, 5.41) is 0. The Hall–Kier alpha value is -2.33. The van der Waals surface area contributed by atoms with Gasteiger partial charge in [0.2, 0.25) is 5.91 Å². The Labute approximate surface area is 171 Å². The molecule has 2 aliphatic rings. The maximum atomic E-state index is 12.8. The van der Waals surface area contributed by atoms with Crippen molar-refractivity contribution in [2.24, 2.45) is 0 Å². The Morgan fingerprint density at radius 2 is 1.69 bits per heavy atom. The van der Waals surface area contributed by atoms with Crippen LogP contribution in [0.25, 0.3) is 0 Å². The lowest BCUT2D eigenvalue weighted by atomic mass is 10.2. The number of ether oxygens (including phenoxy) is 2. The van der Waals surface area contributed by atoms with Crippen molar-refractivity contribution >= 4 is 27.4 Å². The van der Waals surface area contributed by atoms with E-state index >= 15 is 0 Å². The second-order valence-electron chi connectivity index (χ2n) is 7.19. The number of anilines is 1. The van der Waals surface area contributed by atoms with Gasteiger partial charge in [0.05, 0.1) is 32.3 Å². The van der Waals surface area contributed by atoms with Crippen molar-refractivity contribution in [2.75, 3.05) is 69.9 Å². The van der Waals surface area contributed by atoms with Gasteiger partial charge < -0.3 is 19.3 Å². The Kier molecular flexibility index (Phi) is 6.63. The van der Waals surface area contributed by atoms with Gasteiger partial charge in [-0.25, -0.2) is 8.42 Å². The van der Waals surface area contributed by atoms with Crippen molar-refractivity contribution in [3.63, 3.8) is 0 Å². The number of nitrogens with zero attached hydrogens (tertiary/aromatic N) is 3. The highest BCUT2D eigenvalue weighted by Gasteiger charge is 2.38. The van der Waals surface area contributed by atoms with Crippen LogP contribution in [0.3, 0.4) is 0 Å². The van der Waals surface area contributed by atoms with E-state index in [1.165, 1.54) is 7.11 Å². The van der Waals surface area contributed by atoms with E-state index in [-0.39, 0.29) is 30.5 Å². The lowest BCUT2D eigenvalue weighted by Crippen LogP contribution is -2.57. The summed E-state index contributed by atoms with van der Waals surface area (Å²) in [4.78, 5) is 30.3. The third-order valence-corrected chi connectivity index (χ3v) is 7.05. The van der Waals surface area contributed by atoms with Gasteiger partial charge in [0.1, 0.15) is 11.8 Å². The molecule has 2 aliphatic heterocycles. The molecule has 0 bridgehead atoms. The molecule has 1 aromatic carbocycles. The van der Waals surface area contributed by atoms with E-state index in [1.54, 1.807) is 16.9 Å². The van der Waals surface area contributed by atoms with E-state index in [0.29, 0.717) is 26.2 Å². The van der Waals surface area contributed by atoms with Gasteiger partial charge in [0.25, 0.3) is 0 Å². The first kappa shape index (κ1) is 21.4. The van der Waals surface area contributed by atoms with Gasteiger partial charge in [-0.15, -0.1) is 0 Å². The Bertz CT molecular complexity index is 834. The molecule has 1 amide bonds. The number of sulfone groups is 1. The second-order valence-corrected chi connectivity index (χ2v) is 9.42. The summed E-state index contributed by atoms with van der Waals surface area (Å²) in [6.45, 7) is 2.71. The van der Waals surface area contributed by atoms with Crippen LogP contribution in [0, 0.1) is 0 Å². The Balaban J connectivity index is 1.56. The van der Waals surface area contributed by atoms with Crippen LogP contribution < -0.4 is 9.64 Å². The molecule has 29 heavy (non-hydrogen) atoms. The van der Waals surface area contributed by atoms with Gasteiger partial charge in [-0.3, -0.25) is 14.5 Å². The van der Waals surface area contributed by atoms with Crippen LogP contribution in [-0.2, 0) is 24.2 Å². The molecule has 10 heteroatoms. The maximum absolute atomic E-state index is 12.8. The van der Waals surface area contributed by atoms with E-state index in [2.05, 4.69) is 4.90 Å². The third-order valence-electron chi connectivity index (χ3n) is 5.42. The van der Waals surface area contributed by atoms with Crippen molar-refractivity contribution in [2.45, 2.75) is 6.04 Å². The molecule has 9 nitrogen and oxygen atoms in total. The number of piperazine rings is 1. The molecule has 0 radical (unpaired) electrons. The van der Waals surface area contributed by atoms with E-state index in [9.17, 15) is 18.0 Å². The minimum absolute atomic E-state index is 0.0117. The number of esters is 1. The molecular formula is C19H27N3O6S. The smallest absolute Gasteiger partial charge is 0.324 e. The molecule has 0 saturated carbocycles. The van der Waals surface area contributed by atoms with E-state index in [0.717, 1.165) is 11.4 Å². The second kappa shape index (κ2) is 9.00. The lowest BCUT2D eigenvalue weighted by molar-refractivity contribution is -0.147. The van der Waals surface area contributed by atoms with Crippen LogP contribution in [-0.4, -0.2) is 101 Å². The fourth-order valence-corrected chi connectivity index (χ4v) is 5.17. The molecule has 2 fully saturated rings. The highest BCUT2D eigenvalue weighted by molar-refractivity contribution is 7.91. The van der Waals surface area contributed by atoms with Crippen LogP contribution in [0.4, 0.5) is 5.69 Å². The molecule has 0 N–H and O–H groups in total. The number of hydrogen-bond donors (Lipinski definition) is 0. The van der Waals surface area contributed by atoms with E-state index in [4.69, 9.17) is 9.47 Å². The fraction of sp³-hybridized carbons (Fsp3) is 0.579. The van der Waals surface area contributed by atoms with Crippen molar-refractivity contribution in [3.05, 3.63) is 24.3 Å².